The molecule has 0 saturated carbocycles. The summed E-state index contributed by atoms with van der Waals surface area (Å²) in [5.41, 5.74) is 5.05. The van der Waals surface area contributed by atoms with E-state index in [1.807, 2.05) is 13.8 Å². The van der Waals surface area contributed by atoms with Gasteiger partial charge in [-0.25, -0.2) is 0 Å². The first-order chi connectivity index (χ1) is 6.44. The van der Waals surface area contributed by atoms with Gasteiger partial charge < -0.3 is 16.2 Å². The van der Waals surface area contributed by atoms with E-state index in [2.05, 4.69) is 5.32 Å². The fraction of sp³-hybridized carbons (Fsp3) is 0.900. The molecule has 92 valence electrons. The highest BCUT2D eigenvalue weighted by molar-refractivity contribution is 5.85. The summed E-state index contributed by atoms with van der Waals surface area (Å²) in [5.74, 6) is -0.139. The van der Waals surface area contributed by atoms with Gasteiger partial charge in [0.15, 0.2) is 0 Å². The molecule has 0 aromatic rings. The minimum atomic E-state index is -0.793. The van der Waals surface area contributed by atoms with Crippen molar-refractivity contribution in [2.24, 2.45) is 5.73 Å². The fourth-order valence-corrected chi connectivity index (χ4v) is 1.29. The Labute approximate surface area is 98.0 Å². The molecular weight excluding hydrogens is 216 g/mol. The zero-order valence-corrected chi connectivity index (χ0v) is 10.6. The number of hydrogen-bond acceptors (Lipinski definition) is 3. The summed E-state index contributed by atoms with van der Waals surface area (Å²) < 4.78 is 0. The van der Waals surface area contributed by atoms with E-state index in [1.165, 1.54) is 0 Å². The van der Waals surface area contributed by atoms with E-state index in [9.17, 15) is 4.79 Å². The third kappa shape index (κ3) is 6.71. The molecule has 0 bridgehead atoms. The van der Waals surface area contributed by atoms with E-state index in [0.717, 1.165) is 6.42 Å². The molecule has 0 aromatic carbocycles. The summed E-state index contributed by atoms with van der Waals surface area (Å²) in [7, 11) is 0. The lowest BCUT2D eigenvalue weighted by atomic mass is 9.96. The second kappa shape index (κ2) is 7.91. The third-order valence-electron chi connectivity index (χ3n) is 2.23. The highest BCUT2D eigenvalue weighted by Crippen LogP contribution is 2.09. The van der Waals surface area contributed by atoms with Crippen LogP contribution >= 0.6 is 12.4 Å². The van der Waals surface area contributed by atoms with Crippen molar-refractivity contribution in [3.8, 4) is 0 Å². The quantitative estimate of drug-likeness (QED) is 0.641. The Morgan fingerprint density at radius 1 is 1.60 bits per heavy atom. The van der Waals surface area contributed by atoms with Crippen LogP contribution in [0.25, 0.3) is 0 Å². The topological polar surface area (TPSA) is 75.4 Å². The normalized spacial score (nSPS) is 16.1. The van der Waals surface area contributed by atoms with E-state index in [0.29, 0.717) is 12.8 Å². The number of amides is 1. The van der Waals surface area contributed by atoms with Crippen molar-refractivity contribution in [1.82, 2.24) is 5.32 Å². The van der Waals surface area contributed by atoms with Gasteiger partial charge in [0.05, 0.1) is 5.54 Å². The van der Waals surface area contributed by atoms with Crippen LogP contribution in [0.15, 0.2) is 0 Å². The number of carbonyl (C=O) groups is 1. The number of carbonyl (C=O) groups excluding carboxylic acids is 1. The van der Waals surface area contributed by atoms with Crippen LogP contribution in [0, 0.1) is 0 Å². The van der Waals surface area contributed by atoms with Crippen LogP contribution in [0.1, 0.15) is 40.0 Å². The molecule has 0 fully saturated rings. The molecule has 0 rings (SSSR count). The van der Waals surface area contributed by atoms with Crippen LogP contribution in [0.3, 0.4) is 0 Å². The Kier molecular flexibility index (Phi) is 9.01. The molecule has 0 heterocycles. The zero-order chi connectivity index (χ0) is 11.2. The molecule has 0 spiro atoms. The number of hydrogen-bond donors (Lipinski definition) is 3. The predicted octanol–water partition coefficient (Wildman–Crippen LogP) is 0.813. The first-order valence-electron chi connectivity index (χ1n) is 5.14. The van der Waals surface area contributed by atoms with E-state index in [-0.39, 0.29) is 31.0 Å². The number of rotatable bonds is 6. The smallest absolute Gasteiger partial charge is 0.240 e. The minimum Gasteiger partial charge on any atom is -0.396 e. The number of nitrogens with two attached hydrogens (primary N) is 1. The second-order valence-electron chi connectivity index (χ2n) is 4.05. The highest BCUT2D eigenvalue weighted by atomic mass is 35.5. The Morgan fingerprint density at radius 2 is 2.13 bits per heavy atom. The molecule has 2 atom stereocenters. The SMILES string of the molecule is CCCC(C)(N)C(=O)NC(C)CCO.Cl. The van der Waals surface area contributed by atoms with Gasteiger partial charge in [-0.1, -0.05) is 13.3 Å². The van der Waals surface area contributed by atoms with Gasteiger partial charge in [0.25, 0.3) is 0 Å². The van der Waals surface area contributed by atoms with Gasteiger partial charge in [-0.2, -0.15) is 0 Å². The van der Waals surface area contributed by atoms with Gasteiger partial charge >= 0.3 is 0 Å². The van der Waals surface area contributed by atoms with Crippen molar-refractivity contribution in [1.29, 1.82) is 0 Å². The monoisotopic (exact) mass is 238 g/mol. The molecular formula is C10H23ClN2O2. The predicted molar refractivity (Wildman–Crippen MR) is 64.1 cm³/mol. The second-order valence-corrected chi connectivity index (χ2v) is 4.05. The summed E-state index contributed by atoms with van der Waals surface area (Å²) in [6, 6.07) is -0.0211. The third-order valence-corrected chi connectivity index (χ3v) is 2.23. The number of aliphatic hydroxyl groups is 1. The average Bonchev–Trinajstić information content (AvgIpc) is 2.04. The van der Waals surface area contributed by atoms with Crippen LogP contribution < -0.4 is 11.1 Å². The molecule has 0 aliphatic carbocycles. The molecule has 5 heteroatoms. The first-order valence-corrected chi connectivity index (χ1v) is 5.14. The summed E-state index contributed by atoms with van der Waals surface area (Å²) in [6.07, 6.45) is 2.12. The lowest BCUT2D eigenvalue weighted by Gasteiger charge is -2.25. The first kappa shape index (κ1) is 17.1. The van der Waals surface area contributed by atoms with Crippen molar-refractivity contribution < 1.29 is 9.90 Å². The summed E-state index contributed by atoms with van der Waals surface area (Å²) in [4.78, 5) is 11.6. The van der Waals surface area contributed by atoms with Crippen molar-refractivity contribution in [3.63, 3.8) is 0 Å². The molecule has 4 N–H and O–H groups in total. The van der Waals surface area contributed by atoms with Crippen molar-refractivity contribution in [2.45, 2.75) is 51.6 Å². The molecule has 1 amide bonds. The van der Waals surface area contributed by atoms with Gasteiger partial charge in [-0.3, -0.25) is 4.79 Å². The number of halogens is 1. The van der Waals surface area contributed by atoms with E-state index >= 15 is 0 Å². The lowest BCUT2D eigenvalue weighted by Crippen LogP contribution is -2.53. The van der Waals surface area contributed by atoms with Crippen LogP contribution in [0.5, 0.6) is 0 Å². The van der Waals surface area contributed by atoms with Gasteiger partial charge in [0.2, 0.25) is 5.91 Å². The molecule has 0 saturated heterocycles. The highest BCUT2D eigenvalue weighted by Gasteiger charge is 2.27. The Bertz CT molecular complexity index is 186. The zero-order valence-electron chi connectivity index (χ0n) is 9.75. The van der Waals surface area contributed by atoms with E-state index < -0.39 is 5.54 Å². The van der Waals surface area contributed by atoms with Crippen LogP contribution in [-0.2, 0) is 4.79 Å². The molecule has 0 aromatic heterocycles. The van der Waals surface area contributed by atoms with Gasteiger partial charge in [-0.15, -0.1) is 12.4 Å². The number of nitrogens with one attached hydrogen (secondary N) is 1. The molecule has 15 heavy (non-hydrogen) atoms. The lowest BCUT2D eigenvalue weighted by molar-refractivity contribution is -0.126. The van der Waals surface area contributed by atoms with Crippen LogP contribution in [-0.4, -0.2) is 29.2 Å². The van der Waals surface area contributed by atoms with Gasteiger partial charge in [0.1, 0.15) is 0 Å². The maximum absolute atomic E-state index is 11.6. The molecule has 0 aliphatic heterocycles. The van der Waals surface area contributed by atoms with Crippen molar-refractivity contribution in [3.05, 3.63) is 0 Å². The van der Waals surface area contributed by atoms with Gasteiger partial charge in [-0.05, 0) is 26.7 Å². The maximum Gasteiger partial charge on any atom is 0.240 e. The Hall–Kier alpha value is -0.320. The van der Waals surface area contributed by atoms with Crippen molar-refractivity contribution >= 4 is 18.3 Å². The summed E-state index contributed by atoms with van der Waals surface area (Å²) in [5, 5.41) is 11.5. The Morgan fingerprint density at radius 3 is 2.53 bits per heavy atom. The maximum atomic E-state index is 11.6. The largest absolute Gasteiger partial charge is 0.396 e. The Balaban J connectivity index is 0. The fourth-order valence-electron chi connectivity index (χ4n) is 1.29. The van der Waals surface area contributed by atoms with E-state index in [4.69, 9.17) is 10.8 Å². The standard InChI is InChI=1S/C10H22N2O2.ClH/c1-4-6-10(3,11)9(14)12-8(2)5-7-13;/h8,13H,4-7,11H2,1-3H3,(H,12,14);1H. The van der Waals surface area contributed by atoms with Gasteiger partial charge in [0, 0.05) is 12.6 Å². The van der Waals surface area contributed by atoms with E-state index in [1.54, 1.807) is 6.92 Å². The molecule has 0 radical (unpaired) electrons. The molecule has 0 aliphatic rings. The van der Waals surface area contributed by atoms with Crippen molar-refractivity contribution in [2.75, 3.05) is 6.61 Å². The summed E-state index contributed by atoms with van der Waals surface area (Å²) in [6.45, 7) is 5.67. The molecule has 2 unspecified atom stereocenters. The minimum absolute atomic E-state index is 0. The number of aliphatic hydroxyl groups excluding tert-OH is 1. The average molecular weight is 239 g/mol. The summed E-state index contributed by atoms with van der Waals surface area (Å²) >= 11 is 0. The van der Waals surface area contributed by atoms with Crippen LogP contribution in [0.4, 0.5) is 0 Å². The molecule has 4 nitrogen and oxygen atoms in total. The van der Waals surface area contributed by atoms with Crippen LogP contribution in [0.2, 0.25) is 0 Å².